The van der Waals surface area contributed by atoms with Gasteiger partial charge in [-0.2, -0.15) is 5.10 Å². The highest BCUT2D eigenvalue weighted by atomic mass is 35.5. The van der Waals surface area contributed by atoms with Gasteiger partial charge in [-0.1, -0.05) is 11.6 Å². The Morgan fingerprint density at radius 3 is 2.92 bits per heavy atom. The van der Waals surface area contributed by atoms with Crippen LogP contribution in [0, 0.1) is 0 Å². The number of esters is 1. The maximum absolute atomic E-state index is 12.8. The Balaban J connectivity index is 1.56. The summed E-state index contributed by atoms with van der Waals surface area (Å²) in [6.07, 6.45) is 1.64. The Labute approximate surface area is 153 Å². The normalized spacial score (nSPS) is 13.7. The molecular formula is C16H15ClN6O3. The number of carbonyl (C=O) groups excluding carboxylic acids is 2. The van der Waals surface area contributed by atoms with Crippen LogP contribution in [0.1, 0.15) is 33.9 Å². The molecular weight excluding hydrogens is 360 g/mol. The van der Waals surface area contributed by atoms with Crippen molar-refractivity contribution in [2.45, 2.75) is 20.0 Å². The lowest BCUT2D eigenvalue weighted by atomic mass is 10.3. The fraction of sp³-hybridized carbons (Fsp3) is 0.312. The summed E-state index contributed by atoms with van der Waals surface area (Å²) in [5, 5.41) is 12.7. The van der Waals surface area contributed by atoms with Gasteiger partial charge < -0.3 is 14.2 Å². The predicted molar refractivity (Wildman–Crippen MR) is 90.9 cm³/mol. The molecule has 134 valence electrons. The number of pyridine rings is 1. The predicted octanol–water partition coefficient (Wildman–Crippen LogP) is 1.41. The van der Waals surface area contributed by atoms with Gasteiger partial charge in [0.1, 0.15) is 0 Å². The maximum Gasteiger partial charge on any atom is 0.376 e. The number of hydrogen-bond acceptors (Lipinski definition) is 6. The Bertz CT molecular complexity index is 1010. The van der Waals surface area contributed by atoms with Crippen LogP contribution in [-0.4, -0.2) is 54.3 Å². The van der Waals surface area contributed by atoms with Gasteiger partial charge >= 0.3 is 5.97 Å². The van der Waals surface area contributed by atoms with E-state index in [1.807, 2.05) is 0 Å². The van der Waals surface area contributed by atoms with Gasteiger partial charge in [-0.15, -0.1) is 10.2 Å². The number of amides is 1. The largest absolute Gasteiger partial charge is 0.460 e. The third kappa shape index (κ3) is 2.80. The topological polar surface area (TPSA) is 94.6 Å². The van der Waals surface area contributed by atoms with E-state index in [1.54, 1.807) is 45.3 Å². The minimum Gasteiger partial charge on any atom is -0.460 e. The zero-order valence-corrected chi connectivity index (χ0v) is 14.7. The van der Waals surface area contributed by atoms with Crippen LogP contribution < -0.4 is 0 Å². The highest BCUT2D eigenvalue weighted by Gasteiger charge is 2.29. The lowest BCUT2D eigenvalue weighted by Crippen LogP contribution is -2.39. The van der Waals surface area contributed by atoms with Gasteiger partial charge in [-0.05, 0) is 25.1 Å². The Kier molecular flexibility index (Phi) is 4.08. The van der Waals surface area contributed by atoms with Crippen LogP contribution in [0.3, 0.4) is 0 Å². The highest BCUT2D eigenvalue weighted by molar-refractivity contribution is 6.30. The van der Waals surface area contributed by atoms with Crippen molar-refractivity contribution in [3.63, 3.8) is 0 Å². The van der Waals surface area contributed by atoms with E-state index in [4.69, 9.17) is 16.3 Å². The molecule has 0 saturated heterocycles. The van der Waals surface area contributed by atoms with E-state index in [0.29, 0.717) is 29.6 Å². The standard InChI is InChI=1S/C16H15ClN6O3/c1-2-26-16(25)14-19-18-13-9-21(5-6-22(13)14)15(24)12-7-11-4-3-10(17)8-23(11)20-12/h3-4,7-8H,2,5-6,9H2,1H3. The first-order valence-corrected chi connectivity index (χ1v) is 8.48. The molecule has 0 N–H and O–H groups in total. The molecule has 3 aromatic rings. The van der Waals surface area contributed by atoms with E-state index in [9.17, 15) is 9.59 Å². The summed E-state index contributed by atoms with van der Waals surface area (Å²) in [4.78, 5) is 26.3. The van der Waals surface area contributed by atoms with E-state index in [0.717, 1.165) is 5.52 Å². The number of hydrogen-bond donors (Lipinski definition) is 0. The highest BCUT2D eigenvalue weighted by Crippen LogP contribution is 2.18. The van der Waals surface area contributed by atoms with Crippen LogP contribution in [0.25, 0.3) is 5.52 Å². The van der Waals surface area contributed by atoms with Crippen LogP contribution in [0.5, 0.6) is 0 Å². The first kappa shape index (κ1) is 16.5. The number of ether oxygens (including phenoxy) is 1. The van der Waals surface area contributed by atoms with Crippen molar-refractivity contribution in [3.05, 3.63) is 46.8 Å². The van der Waals surface area contributed by atoms with E-state index >= 15 is 0 Å². The summed E-state index contributed by atoms with van der Waals surface area (Å²) in [5.41, 5.74) is 1.10. The number of aromatic nitrogens is 5. The SMILES string of the molecule is CCOC(=O)c1nnc2n1CCN(C(=O)c1cc3ccc(Cl)cn3n1)C2. The van der Waals surface area contributed by atoms with Crippen LogP contribution in [-0.2, 0) is 17.8 Å². The molecule has 4 heterocycles. The first-order chi connectivity index (χ1) is 12.6. The quantitative estimate of drug-likeness (QED) is 0.643. The molecule has 0 atom stereocenters. The fourth-order valence-electron chi connectivity index (χ4n) is 2.91. The molecule has 26 heavy (non-hydrogen) atoms. The summed E-state index contributed by atoms with van der Waals surface area (Å²) < 4.78 is 8.23. The molecule has 3 aromatic heterocycles. The third-order valence-electron chi connectivity index (χ3n) is 4.14. The van der Waals surface area contributed by atoms with E-state index in [1.165, 1.54) is 0 Å². The minimum absolute atomic E-state index is 0.163. The molecule has 9 nitrogen and oxygen atoms in total. The molecule has 0 bridgehead atoms. The van der Waals surface area contributed by atoms with Gasteiger partial charge in [0, 0.05) is 19.3 Å². The smallest absolute Gasteiger partial charge is 0.376 e. The summed E-state index contributed by atoms with van der Waals surface area (Å²) in [5.74, 6) is -0.0178. The summed E-state index contributed by atoms with van der Waals surface area (Å²) in [7, 11) is 0. The lowest BCUT2D eigenvalue weighted by Gasteiger charge is -2.26. The third-order valence-corrected chi connectivity index (χ3v) is 4.36. The van der Waals surface area contributed by atoms with Crippen molar-refractivity contribution in [2.75, 3.05) is 13.2 Å². The summed E-state index contributed by atoms with van der Waals surface area (Å²) >= 11 is 5.95. The second-order valence-corrected chi connectivity index (χ2v) is 6.22. The van der Waals surface area contributed by atoms with Gasteiger partial charge in [0.05, 0.1) is 23.7 Å². The van der Waals surface area contributed by atoms with Crippen LogP contribution >= 0.6 is 11.6 Å². The molecule has 0 aromatic carbocycles. The van der Waals surface area contributed by atoms with E-state index in [-0.39, 0.29) is 24.9 Å². The average Bonchev–Trinajstić information content (AvgIpc) is 3.24. The van der Waals surface area contributed by atoms with Crippen molar-refractivity contribution in [1.82, 2.24) is 29.3 Å². The van der Waals surface area contributed by atoms with Crippen molar-refractivity contribution < 1.29 is 14.3 Å². The monoisotopic (exact) mass is 374 g/mol. The molecule has 0 radical (unpaired) electrons. The van der Waals surface area contributed by atoms with Gasteiger partial charge in [0.2, 0.25) is 5.82 Å². The van der Waals surface area contributed by atoms with Gasteiger partial charge in [0.25, 0.3) is 5.91 Å². The van der Waals surface area contributed by atoms with Crippen molar-refractivity contribution in [1.29, 1.82) is 0 Å². The summed E-state index contributed by atoms with van der Waals surface area (Å²) in [6.45, 7) is 3.09. The Morgan fingerprint density at radius 2 is 2.12 bits per heavy atom. The second kappa shape index (κ2) is 6.41. The van der Waals surface area contributed by atoms with Gasteiger partial charge in [0.15, 0.2) is 11.5 Å². The molecule has 0 aliphatic carbocycles. The molecule has 1 aliphatic heterocycles. The zero-order valence-electron chi connectivity index (χ0n) is 13.9. The lowest BCUT2D eigenvalue weighted by molar-refractivity contribution is 0.0501. The fourth-order valence-corrected chi connectivity index (χ4v) is 3.06. The Morgan fingerprint density at radius 1 is 1.27 bits per heavy atom. The van der Waals surface area contributed by atoms with Crippen LogP contribution in [0.4, 0.5) is 0 Å². The number of halogens is 1. The second-order valence-electron chi connectivity index (χ2n) is 5.78. The molecule has 4 rings (SSSR count). The van der Waals surface area contributed by atoms with Crippen molar-refractivity contribution in [3.8, 4) is 0 Å². The molecule has 0 spiro atoms. The zero-order chi connectivity index (χ0) is 18.3. The van der Waals surface area contributed by atoms with Crippen LogP contribution in [0.2, 0.25) is 5.02 Å². The molecule has 0 fully saturated rings. The number of carbonyl (C=O) groups is 2. The van der Waals surface area contributed by atoms with Crippen molar-refractivity contribution in [2.24, 2.45) is 0 Å². The van der Waals surface area contributed by atoms with Gasteiger partial charge in [-0.25, -0.2) is 9.31 Å². The molecule has 0 saturated carbocycles. The first-order valence-electron chi connectivity index (χ1n) is 8.10. The van der Waals surface area contributed by atoms with E-state index < -0.39 is 5.97 Å². The number of fused-ring (bicyclic) bond motifs is 2. The molecule has 0 unspecified atom stereocenters. The number of nitrogens with zero attached hydrogens (tertiary/aromatic N) is 6. The summed E-state index contributed by atoms with van der Waals surface area (Å²) in [6, 6.07) is 5.25. The maximum atomic E-state index is 12.8. The number of rotatable bonds is 3. The Hall–Kier alpha value is -2.94. The van der Waals surface area contributed by atoms with E-state index in [2.05, 4.69) is 15.3 Å². The van der Waals surface area contributed by atoms with Gasteiger partial charge in [-0.3, -0.25) is 4.79 Å². The molecule has 10 heteroatoms. The van der Waals surface area contributed by atoms with Crippen molar-refractivity contribution >= 4 is 29.0 Å². The minimum atomic E-state index is -0.511. The molecule has 1 amide bonds. The average molecular weight is 375 g/mol. The van der Waals surface area contributed by atoms with Crippen LogP contribution in [0.15, 0.2) is 24.4 Å². The molecule has 1 aliphatic rings.